The van der Waals surface area contributed by atoms with E-state index in [1.807, 2.05) is 0 Å². The summed E-state index contributed by atoms with van der Waals surface area (Å²) in [6, 6.07) is 4.20. The molecule has 11 heteroatoms. The van der Waals surface area contributed by atoms with Gasteiger partial charge in [-0.05, 0) is 0 Å². The molecule has 1 aromatic rings. The summed E-state index contributed by atoms with van der Waals surface area (Å²) >= 11 is 0. The van der Waals surface area contributed by atoms with Crippen LogP contribution in [-0.4, -0.2) is 59.8 Å². The van der Waals surface area contributed by atoms with Crippen LogP contribution in [0.4, 0.5) is 14.9 Å². The molecule has 0 saturated carbocycles. The number of ether oxygens (including phenoxy) is 1. The standard InChI is InChI=1S/C18H17FN3O6P/c19-13-7-11(22-8-15(16(20)24)28-18(22)26)1-2-12(13)10-3-5-21(6-4-10)17(25)14(23)9-29-27/h1-3,7,14-15,23H,4-6,8H2,(H2,20,24)/t14-,15?/m1/s1. The van der Waals surface area contributed by atoms with E-state index in [1.165, 1.54) is 23.1 Å². The number of rotatable bonds is 4. The predicted molar refractivity (Wildman–Crippen MR) is 99.9 cm³/mol. The normalized spacial score (nSPS) is 19.9. The van der Waals surface area contributed by atoms with Crippen molar-refractivity contribution in [1.29, 1.82) is 0 Å². The summed E-state index contributed by atoms with van der Waals surface area (Å²) in [5, 5.41) is 9.54. The van der Waals surface area contributed by atoms with Gasteiger partial charge in [0.25, 0.3) is 5.91 Å². The molecule has 3 amide bonds. The first-order valence-electron chi connectivity index (χ1n) is 8.63. The maximum atomic E-state index is 14.7. The zero-order chi connectivity index (χ0) is 21.1. The van der Waals surface area contributed by atoms with Gasteiger partial charge in [0, 0.05) is 0 Å². The number of carbonyl (C=O) groups is 3. The molecule has 0 spiro atoms. The SMILES string of the molecule is NC(=O)C1CN(c2ccc(C3=CCN(C(=O)[C@H](O)C#P=O)CC3)c(F)c2)C(=O)O1. The second-order valence-electron chi connectivity index (χ2n) is 6.44. The van der Waals surface area contributed by atoms with Crippen molar-refractivity contribution in [2.45, 2.75) is 18.6 Å². The Morgan fingerprint density at radius 1 is 1.41 bits per heavy atom. The Hall–Kier alpha value is -2.93. The third kappa shape index (κ3) is 4.40. The first kappa shape index (κ1) is 20.8. The maximum absolute atomic E-state index is 14.7. The number of anilines is 1. The molecule has 152 valence electrons. The van der Waals surface area contributed by atoms with Crippen LogP contribution in [0.25, 0.3) is 5.57 Å². The van der Waals surface area contributed by atoms with Crippen molar-refractivity contribution < 1.29 is 33.2 Å². The molecular formula is C18H17FN3O6P. The molecule has 3 rings (SSSR count). The molecule has 0 aliphatic carbocycles. The quantitative estimate of drug-likeness (QED) is 0.694. The number of aliphatic hydroxyl groups excluding tert-OH is 1. The van der Waals surface area contributed by atoms with Crippen LogP contribution >= 0.6 is 7.92 Å². The minimum atomic E-state index is -1.58. The minimum absolute atomic E-state index is 0.0914. The van der Waals surface area contributed by atoms with Gasteiger partial charge in [-0.3, -0.25) is 4.79 Å². The monoisotopic (exact) mass is 421 g/mol. The van der Waals surface area contributed by atoms with E-state index in [9.17, 15) is 28.4 Å². The Kier molecular flexibility index (Phi) is 6.17. The van der Waals surface area contributed by atoms with E-state index in [0.717, 1.165) is 4.90 Å². The summed E-state index contributed by atoms with van der Waals surface area (Å²) in [6.07, 6.45) is -1.44. The first-order valence-corrected chi connectivity index (χ1v) is 9.44. The van der Waals surface area contributed by atoms with E-state index >= 15 is 0 Å². The number of aliphatic hydroxyl groups is 1. The smallest absolute Gasteiger partial charge is 0.415 e. The summed E-state index contributed by atoms with van der Waals surface area (Å²) < 4.78 is 29.9. The van der Waals surface area contributed by atoms with E-state index < -0.39 is 43.8 Å². The molecule has 2 aliphatic heterocycles. The molecule has 2 heterocycles. The van der Waals surface area contributed by atoms with Gasteiger partial charge in [0.05, 0.1) is 6.54 Å². The second kappa shape index (κ2) is 8.61. The molecule has 0 bridgehead atoms. The average Bonchev–Trinajstić information content (AvgIpc) is 3.10. The van der Waals surface area contributed by atoms with Crippen LogP contribution < -0.4 is 10.6 Å². The summed E-state index contributed by atoms with van der Waals surface area (Å²) in [5.41, 5.74) is 8.42. The molecule has 29 heavy (non-hydrogen) atoms. The van der Waals surface area contributed by atoms with Crippen molar-refractivity contribution in [3.05, 3.63) is 35.7 Å². The average molecular weight is 421 g/mol. The van der Waals surface area contributed by atoms with Crippen molar-refractivity contribution in [1.82, 2.24) is 4.90 Å². The van der Waals surface area contributed by atoms with Gasteiger partial charge in [-0.1, -0.05) is 0 Å². The molecule has 1 saturated heterocycles. The van der Waals surface area contributed by atoms with E-state index in [2.05, 4.69) is 5.63 Å². The Morgan fingerprint density at radius 3 is 2.72 bits per heavy atom. The molecule has 2 aliphatic rings. The van der Waals surface area contributed by atoms with Crippen LogP contribution in [0.3, 0.4) is 0 Å². The number of amides is 3. The summed E-state index contributed by atoms with van der Waals surface area (Å²) in [5.74, 6) is -1.98. The summed E-state index contributed by atoms with van der Waals surface area (Å²) in [7, 11) is -0.562. The van der Waals surface area contributed by atoms with Crippen molar-refractivity contribution in [2.24, 2.45) is 5.73 Å². The topological polar surface area (TPSA) is 130 Å². The Balaban J connectivity index is 1.74. The number of nitrogens with two attached hydrogens (primary N) is 1. The number of benzene rings is 1. The number of cyclic esters (lactones) is 1. The third-order valence-electron chi connectivity index (χ3n) is 4.67. The van der Waals surface area contributed by atoms with Gasteiger partial charge in [0.2, 0.25) is 0 Å². The Bertz CT molecular complexity index is 1010. The van der Waals surface area contributed by atoms with Crippen molar-refractivity contribution in [3.63, 3.8) is 0 Å². The molecule has 3 N–H and O–H groups in total. The van der Waals surface area contributed by atoms with Crippen molar-refractivity contribution in [3.8, 4) is 5.63 Å². The molecule has 1 unspecified atom stereocenters. The number of carbonyl (C=O) groups excluding carboxylic acids is 3. The first-order chi connectivity index (χ1) is 13.8. The number of halogens is 1. The second-order valence-corrected chi connectivity index (χ2v) is 6.88. The van der Waals surface area contributed by atoms with E-state index in [0.29, 0.717) is 17.6 Å². The van der Waals surface area contributed by atoms with Crippen LogP contribution in [0.1, 0.15) is 12.0 Å². The molecule has 9 nitrogen and oxygen atoms in total. The minimum Gasteiger partial charge on any atom is -0.434 e. The van der Waals surface area contributed by atoms with Gasteiger partial charge >= 0.3 is 127 Å². The van der Waals surface area contributed by atoms with Gasteiger partial charge in [-0.25, -0.2) is 4.79 Å². The summed E-state index contributed by atoms with van der Waals surface area (Å²) in [4.78, 5) is 37.5. The number of nitrogens with zero attached hydrogens (tertiary/aromatic N) is 2. The van der Waals surface area contributed by atoms with E-state index in [1.54, 1.807) is 6.08 Å². The Labute approximate surface area is 166 Å². The fraction of sp³-hybridized carbons (Fsp3) is 0.333. The molecule has 1 fully saturated rings. The molecular weight excluding hydrogens is 404 g/mol. The van der Waals surface area contributed by atoms with E-state index in [4.69, 9.17) is 10.5 Å². The van der Waals surface area contributed by atoms with Gasteiger partial charge in [-0.15, -0.1) is 0 Å². The fourth-order valence-corrected chi connectivity index (χ4v) is 3.36. The Morgan fingerprint density at radius 2 is 2.17 bits per heavy atom. The molecule has 2 atom stereocenters. The van der Waals surface area contributed by atoms with Crippen LogP contribution in [0, 0.1) is 11.4 Å². The number of hydrogen-bond acceptors (Lipinski definition) is 6. The molecule has 0 radical (unpaired) electrons. The zero-order valence-electron chi connectivity index (χ0n) is 15.1. The number of primary amides is 1. The van der Waals surface area contributed by atoms with Gasteiger partial charge in [0.15, 0.2) is 6.10 Å². The third-order valence-corrected chi connectivity index (χ3v) is 5.02. The largest absolute Gasteiger partial charge is 0.434 e. The van der Waals surface area contributed by atoms with Gasteiger partial charge in [0.1, 0.15) is 0 Å². The zero-order valence-corrected chi connectivity index (χ0v) is 16.0. The molecule has 1 aromatic carbocycles. The summed E-state index contributed by atoms with van der Waals surface area (Å²) in [6.45, 7) is 0.313. The predicted octanol–water partition coefficient (Wildman–Crippen LogP) is 0.864. The van der Waals surface area contributed by atoms with Crippen LogP contribution in [0.15, 0.2) is 24.3 Å². The van der Waals surface area contributed by atoms with Crippen LogP contribution in [0.5, 0.6) is 0 Å². The maximum Gasteiger partial charge on any atom is 0.415 e. The van der Waals surface area contributed by atoms with Crippen molar-refractivity contribution in [2.75, 3.05) is 24.5 Å². The molecule has 0 aromatic heterocycles. The van der Waals surface area contributed by atoms with Crippen LogP contribution in [0.2, 0.25) is 0 Å². The van der Waals surface area contributed by atoms with E-state index in [-0.39, 0.29) is 25.3 Å². The fourth-order valence-electron chi connectivity index (χ4n) is 3.15. The van der Waals surface area contributed by atoms with Crippen molar-refractivity contribution >= 4 is 37.1 Å². The number of hydrogen-bond donors (Lipinski definition) is 2. The van der Waals surface area contributed by atoms with Gasteiger partial charge in [-0.2, -0.15) is 0 Å². The van der Waals surface area contributed by atoms with Crippen LogP contribution in [-0.2, 0) is 18.9 Å². The van der Waals surface area contributed by atoms with Gasteiger partial charge < -0.3 is 10.5 Å².